The molecule has 0 spiro atoms. The Morgan fingerprint density at radius 2 is 1.70 bits per heavy atom. The molecule has 7 nitrogen and oxygen atoms in total. The molecular formula is C18H20BrN3O4S. The average Bonchev–Trinajstić information content (AvgIpc) is 2.93. The number of ether oxygens (including phenoxy) is 2. The third-order valence-electron chi connectivity index (χ3n) is 4.63. The molecule has 27 heavy (non-hydrogen) atoms. The molecule has 0 unspecified atom stereocenters. The summed E-state index contributed by atoms with van der Waals surface area (Å²) in [6, 6.07) is 8.70. The van der Waals surface area contributed by atoms with Crippen molar-refractivity contribution >= 4 is 31.8 Å². The zero-order chi connectivity index (χ0) is 18.9. The number of aromatic nitrogens is 1. The maximum atomic E-state index is 13.0. The highest BCUT2D eigenvalue weighted by molar-refractivity contribution is 9.10. The van der Waals surface area contributed by atoms with E-state index in [-0.39, 0.29) is 4.90 Å². The topological polar surface area (TPSA) is 72.0 Å². The van der Waals surface area contributed by atoms with Crippen molar-refractivity contribution in [1.29, 1.82) is 0 Å². The van der Waals surface area contributed by atoms with Crippen LogP contribution in [0.15, 0.2) is 45.9 Å². The number of hydrogen-bond acceptors (Lipinski definition) is 6. The number of anilines is 1. The van der Waals surface area contributed by atoms with Gasteiger partial charge in [0.25, 0.3) is 0 Å². The van der Waals surface area contributed by atoms with Crippen molar-refractivity contribution in [3.8, 4) is 11.5 Å². The Morgan fingerprint density at radius 1 is 0.963 bits per heavy atom. The van der Waals surface area contributed by atoms with E-state index in [0.717, 1.165) is 16.7 Å². The van der Waals surface area contributed by atoms with Crippen molar-refractivity contribution < 1.29 is 17.9 Å². The van der Waals surface area contributed by atoms with Gasteiger partial charge in [-0.1, -0.05) is 0 Å². The van der Waals surface area contributed by atoms with E-state index < -0.39 is 10.0 Å². The highest BCUT2D eigenvalue weighted by atomic mass is 79.9. The molecule has 1 saturated heterocycles. The number of halogens is 1. The lowest BCUT2D eigenvalue weighted by atomic mass is 10.3. The van der Waals surface area contributed by atoms with Crippen LogP contribution in [-0.2, 0) is 10.0 Å². The van der Waals surface area contributed by atoms with Crippen molar-refractivity contribution in [3.63, 3.8) is 0 Å². The third-order valence-corrected chi connectivity index (χ3v) is 6.99. The maximum Gasteiger partial charge on any atom is 0.243 e. The van der Waals surface area contributed by atoms with Gasteiger partial charge in [-0.05, 0) is 40.2 Å². The van der Waals surface area contributed by atoms with Crippen LogP contribution in [0.25, 0.3) is 0 Å². The molecule has 3 heterocycles. The number of piperazine rings is 1. The normalized spacial score (nSPS) is 18.2. The van der Waals surface area contributed by atoms with E-state index in [0.29, 0.717) is 50.9 Å². The quantitative estimate of drug-likeness (QED) is 0.710. The fraction of sp³-hybridized carbons (Fsp3) is 0.389. The zero-order valence-electron chi connectivity index (χ0n) is 14.7. The Bertz CT molecular complexity index is 913. The second-order valence-corrected chi connectivity index (χ2v) is 9.24. The summed E-state index contributed by atoms with van der Waals surface area (Å²) in [5, 5.41) is 0. The first-order valence-corrected chi connectivity index (χ1v) is 11.0. The van der Waals surface area contributed by atoms with Gasteiger partial charge in [-0.3, -0.25) is 0 Å². The molecule has 1 aromatic heterocycles. The molecule has 2 aromatic rings. The molecule has 4 rings (SSSR count). The Kier molecular flexibility index (Phi) is 5.25. The number of rotatable bonds is 3. The van der Waals surface area contributed by atoms with Gasteiger partial charge in [0.05, 0.1) is 18.1 Å². The van der Waals surface area contributed by atoms with Crippen LogP contribution in [0.4, 0.5) is 5.82 Å². The lowest BCUT2D eigenvalue weighted by Gasteiger charge is -2.34. The fourth-order valence-corrected chi connectivity index (χ4v) is 4.84. The van der Waals surface area contributed by atoms with E-state index in [4.69, 9.17) is 9.47 Å². The first-order chi connectivity index (χ1) is 13.0. The number of fused-ring (bicyclic) bond motifs is 1. The van der Waals surface area contributed by atoms with Gasteiger partial charge in [-0.2, -0.15) is 4.31 Å². The van der Waals surface area contributed by atoms with E-state index in [9.17, 15) is 8.42 Å². The van der Waals surface area contributed by atoms with Crippen LogP contribution in [0.3, 0.4) is 0 Å². The van der Waals surface area contributed by atoms with Crippen LogP contribution >= 0.6 is 15.9 Å². The summed E-state index contributed by atoms with van der Waals surface area (Å²) in [5.74, 6) is 1.94. The van der Waals surface area contributed by atoms with E-state index in [1.165, 1.54) is 4.31 Å². The Labute approximate surface area is 167 Å². The van der Waals surface area contributed by atoms with Gasteiger partial charge in [-0.25, -0.2) is 13.4 Å². The molecule has 0 aliphatic carbocycles. The summed E-state index contributed by atoms with van der Waals surface area (Å²) >= 11 is 3.37. The Hall–Kier alpha value is -1.84. The molecule has 9 heteroatoms. The minimum Gasteiger partial charge on any atom is -0.490 e. The number of pyridine rings is 1. The lowest BCUT2D eigenvalue weighted by Crippen LogP contribution is -2.48. The van der Waals surface area contributed by atoms with Gasteiger partial charge in [0, 0.05) is 49.3 Å². The minimum atomic E-state index is -3.58. The molecule has 0 bridgehead atoms. The SMILES string of the molecule is O=S(=O)(c1ccc2c(c1)OCCCO2)N1CCN(c2ccc(Br)cn2)CC1. The van der Waals surface area contributed by atoms with Crippen LogP contribution in [0.5, 0.6) is 11.5 Å². The molecule has 0 amide bonds. The summed E-state index contributed by atoms with van der Waals surface area (Å²) in [6.07, 6.45) is 2.53. The molecule has 0 radical (unpaired) electrons. The molecule has 2 aliphatic rings. The van der Waals surface area contributed by atoms with Crippen LogP contribution in [-0.4, -0.2) is 57.1 Å². The van der Waals surface area contributed by atoms with Crippen LogP contribution < -0.4 is 14.4 Å². The van der Waals surface area contributed by atoms with Crippen molar-refractivity contribution in [3.05, 3.63) is 41.0 Å². The van der Waals surface area contributed by atoms with E-state index in [1.807, 2.05) is 12.1 Å². The zero-order valence-corrected chi connectivity index (χ0v) is 17.1. The summed E-state index contributed by atoms with van der Waals surface area (Å²) in [4.78, 5) is 6.71. The molecule has 2 aliphatic heterocycles. The number of benzene rings is 1. The van der Waals surface area contributed by atoms with Crippen molar-refractivity contribution in [2.24, 2.45) is 0 Å². The monoisotopic (exact) mass is 453 g/mol. The molecule has 144 valence electrons. The second kappa shape index (κ2) is 7.65. The van der Waals surface area contributed by atoms with Crippen molar-refractivity contribution in [2.45, 2.75) is 11.3 Å². The van der Waals surface area contributed by atoms with Gasteiger partial charge in [0.2, 0.25) is 10.0 Å². The highest BCUT2D eigenvalue weighted by Crippen LogP contribution is 2.33. The first kappa shape index (κ1) is 18.5. The van der Waals surface area contributed by atoms with Gasteiger partial charge < -0.3 is 14.4 Å². The summed E-state index contributed by atoms with van der Waals surface area (Å²) in [5.41, 5.74) is 0. The Morgan fingerprint density at radius 3 is 2.41 bits per heavy atom. The lowest BCUT2D eigenvalue weighted by molar-refractivity contribution is 0.296. The van der Waals surface area contributed by atoms with Crippen molar-refractivity contribution in [2.75, 3.05) is 44.3 Å². The highest BCUT2D eigenvalue weighted by Gasteiger charge is 2.30. The fourth-order valence-electron chi connectivity index (χ4n) is 3.17. The molecule has 1 aromatic carbocycles. The van der Waals surface area contributed by atoms with Gasteiger partial charge in [-0.15, -0.1) is 0 Å². The number of nitrogens with zero attached hydrogens (tertiary/aromatic N) is 3. The van der Waals surface area contributed by atoms with E-state index in [1.54, 1.807) is 24.4 Å². The first-order valence-electron chi connectivity index (χ1n) is 8.80. The molecule has 1 fully saturated rings. The summed E-state index contributed by atoms with van der Waals surface area (Å²) in [7, 11) is -3.58. The van der Waals surface area contributed by atoms with Gasteiger partial charge in [0.1, 0.15) is 5.82 Å². The molecule has 0 saturated carbocycles. The summed E-state index contributed by atoms with van der Waals surface area (Å²) in [6.45, 7) is 3.11. The van der Waals surface area contributed by atoms with E-state index >= 15 is 0 Å². The second-order valence-electron chi connectivity index (χ2n) is 6.38. The third kappa shape index (κ3) is 3.90. The van der Waals surface area contributed by atoms with Gasteiger partial charge >= 0.3 is 0 Å². The predicted octanol–water partition coefficient (Wildman–Crippen LogP) is 2.52. The average molecular weight is 454 g/mol. The molecule has 0 N–H and O–H groups in total. The standard InChI is InChI=1S/C18H20BrN3O4S/c19-14-2-5-18(20-13-14)21-6-8-22(9-7-21)27(23,24)15-3-4-16-17(12-15)26-11-1-10-25-16/h2-5,12-13H,1,6-11H2. The summed E-state index contributed by atoms with van der Waals surface area (Å²) < 4.78 is 39.7. The van der Waals surface area contributed by atoms with Crippen LogP contribution in [0.2, 0.25) is 0 Å². The molecule has 0 atom stereocenters. The number of hydrogen-bond donors (Lipinski definition) is 0. The molecular weight excluding hydrogens is 434 g/mol. The predicted molar refractivity (Wildman–Crippen MR) is 105 cm³/mol. The smallest absolute Gasteiger partial charge is 0.243 e. The van der Waals surface area contributed by atoms with E-state index in [2.05, 4.69) is 25.8 Å². The Balaban J connectivity index is 1.49. The van der Waals surface area contributed by atoms with Crippen LogP contribution in [0.1, 0.15) is 6.42 Å². The van der Waals surface area contributed by atoms with Crippen LogP contribution in [0, 0.1) is 0 Å². The largest absolute Gasteiger partial charge is 0.490 e. The maximum absolute atomic E-state index is 13.0. The van der Waals surface area contributed by atoms with Crippen molar-refractivity contribution in [1.82, 2.24) is 9.29 Å². The minimum absolute atomic E-state index is 0.238. The number of sulfonamides is 1. The van der Waals surface area contributed by atoms with Gasteiger partial charge in [0.15, 0.2) is 11.5 Å².